The summed E-state index contributed by atoms with van der Waals surface area (Å²) in [6.45, 7) is -0.00955. The molecule has 3 heteroatoms. The first-order valence-electron chi connectivity index (χ1n) is 18.5. The van der Waals surface area contributed by atoms with Crippen LogP contribution in [0.1, 0.15) is 0 Å². The average Bonchev–Trinajstić information content (AvgIpc) is 3.55. The Hall–Kier alpha value is -6.84. The molecule has 3 heterocycles. The van der Waals surface area contributed by atoms with Gasteiger partial charge in [0.15, 0.2) is 0 Å². The predicted octanol–water partition coefficient (Wildman–Crippen LogP) is 11.9. The molecule has 12 rings (SSSR count). The van der Waals surface area contributed by atoms with Gasteiger partial charge >= 0.3 is 6.85 Å². The SMILES string of the molecule is c1ccc(-c2ccc3c(c2)c2cc(-c4ccccc4)cc4c2n3B2c3cc5cc6ccccc6cc5cc3N(c3ccccc3)c3cccc-4c32)cc1. The Morgan fingerprint density at radius 2 is 1.02 bits per heavy atom. The van der Waals surface area contributed by atoms with Crippen molar-refractivity contribution in [3.05, 3.63) is 188 Å². The molecular formula is C50H31BN2. The van der Waals surface area contributed by atoms with Gasteiger partial charge in [-0.3, -0.25) is 0 Å². The largest absolute Gasteiger partial charge is 0.375 e. The minimum atomic E-state index is -0.00955. The van der Waals surface area contributed by atoms with Gasteiger partial charge in [0.05, 0.1) is 0 Å². The summed E-state index contributed by atoms with van der Waals surface area (Å²) >= 11 is 0. The number of rotatable bonds is 3. The first-order valence-corrected chi connectivity index (χ1v) is 18.5. The normalized spacial score (nSPS) is 12.8. The van der Waals surface area contributed by atoms with Crippen molar-refractivity contribution < 1.29 is 0 Å². The zero-order valence-corrected chi connectivity index (χ0v) is 28.9. The van der Waals surface area contributed by atoms with Crippen LogP contribution in [0.15, 0.2) is 188 Å². The molecule has 0 radical (unpaired) electrons. The summed E-state index contributed by atoms with van der Waals surface area (Å²) in [5.41, 5.74) is 16.4. The second kappa shape index (κ2) is 10.8. The van der Waals surface area contributed by atoms with Gasteiger partial charge in [-0.25, -0.2) is 0 Å². The molecular weight excluding hydrogens is 639 g/mol. The molecule has 0 amide bonds. The van der Waals surface area contributed by atoms with E-state index < -0.39 is 0 Å². The third-order valence-electron chi connectivity index (χ3n) is 11.7. The van der Waals surface area contributed by atoms with Crippen molar-refractivity contribution >= 4 is 78.2 Å². The third kappa shape index (κ3) is 4.11. The number of anilines is 3. The highest BCUT2D eigenvalue weighted by Gasteiger charge is 2.42. The van der Waals surface area contributed by atoms with E-state index in [0.29, 0.717) is 0 Å². The van der Waals surface area contributed by atoms with Gasteiger partial charge in [-0.2, -0.15) is 0 Å². The van der Waals surface area contributed by atoms with Gasteiger partial charge in [0.2, 0.25) is 0 Å². The maximum Gasteiger partial charge on any atom is 0.333 e. The van der Waals surface area contributed by atoms with E-state index >= 15 is 0 Å². The van der Waals surface area contributed by atoms with Gasteiger partial charge in [-0.15, -0.1) is 0 Å². The molecule has 0 N–H and O–H groups in total. The number of benzene rings is 9. The molecule has 9 aromatic carbocycles. The third-order valence-corrected chi connectivity index (χ3v) is 11.7. The fourth-order valence-electron chi connectivity index (χ4n) is 9.35. The highest BCUT2D eigenvalue weighted by molar-refractivity contribution is 6.90. The minimum absolute atomic E-state index is 0.00955. The average molecular weight is 671 g/mol. The molecule has 0 spiro atoms. The summed E-state index contributed by atoms with van der Waals surface area (Å²) in [6.07, 6.45) is 0. The Labute approximate surface area is 307 Å². The summed E-state index contributed by atoms with van der Waals surface area (Å²) in [7, 11) is 0. The summed E-state index contributed by atoms with van der Waals surface area (Å²) in [6, 6.07) is 69.8. The molecule has 53 heavy (non-hydrogen) atoms. The van der Waals surface area contributed by atoms with E-state index in [1.54, 1.807) is 0 Å². The van der Waals surface area contributed by atoms with E-state index in [1.807, 2.05) is 0 Å². The second-order valence-electron chi connectivity index (χ2n) is 14.5. The summed E-state index contributed by atoms with van der Waals surface area (Å²) in [4.78, 5) is 2.50. The molecule has 0 atom stereocenters. The molecule has 0 saturated carbocycles. The Morgan fingerprint density at radius 1 is 0.377 bits per heavy atom. The Balaban J connectivity index is 1.23. The van der Waals surface area contributed by atoms with Crippen molar-refractivity contribution in [2.75, 3.05) is 4.90 Å². The number of hydrogen-bond acceptors (Lipinski definition) is 1. The maximum atomic E-state index is 2.67. The molecule has 0 unspecified atom stereocenters. The van der Waals surface area contributed by atoms with Crippen molar-refractivity contribution in [2.24, 2.45) is 0 Å². The first-order chi connectivity index (χ1) is 26.3. The van der Waals surface area contributed by atoms with E-state index in [1.165, 1.54) is 105 Å². The van der Waals surface area contributed by atoms with Crippen LogP contribution < -0.4 is 15.8 Å². The Morgan fingerprint density at radius 3 is 1.75 bits per heavy atom. The molecule has 0 fully saturated rings. The van der Waals surface area contributed by atoms with Crippen LogP contribution in [0.3, 0.4) is 0 Å². The maximum absolute atomic E-state index is 2.67. The molecule has 244 valence electrons. The summed E-state index contributed by atoms with van der Waals surface area (Å²) in [5.74, 6) is 0. The van der Waals surface area contributed by atoms with Gasteiger partial charge < -0.3 is 9.38 Å². The molecule has 1 aromatic heterocycles. The smallest absolute Gasteiger partial charge is 0.333 e. The van der Waals surface area contributed by atoms with Crippen LogP contribution >= 0.6 is 0 Å². The van der Waals surface area contributed by atoms with Crippen molar-refractivity contribution in [3.8, 4) is 33.4 Å². The van der Waals surface area contributed by atoms with E-state index in [4.69, 9.17) is 0 Å². The molecule has 2 nitrogen and oxygen atoms in total. The van der Waals surface area contributed by atoms with Crippen LogP contribution in [-0.4, -0.2) is 11.3 Å². The zero-order chi connectivity index (χ0) is 34.6. The fraction of sp³-hybridized carbons (Fsp3) is 0. The lowest BCUT2D eigenvalue weighted by Crippen LogP contribution is -2.56. The van der Waals surface area contributed by atoms with Gasteiger partial charge in [0, 0.05) is 44.4 Å². The van der Waals surface area contributed by atoms with E-state index in [-0.39, 0.29) is 6.85 Å². The molecule has 0 aliphatic carbocycles. The first kappa shape index (κ1) is 28.8. The number of para-hydroxylation sites is 1. The van der Waals surface area contributed by atoms with E-state index in [2.05, 4.69) is 197 Å². The fourth-order valence-corrected chi connectivity index (χ4v) is 9.35. The highest BCUT2D eigenvalue weighted by Crippen LogP contribution is 2.47. The lowest BCUT2D eigenvalue weighted by atomic mass is 9.45. The van der Waals surface area contributed by atoms with E-state index in [0.717, 1.165) is 0 Å². The Bertz CT molecular complexity index is 3110. The lowest BCUT2D eigenvalue weighted by Gasteiger charge is -2.40. The zero-order valence-electron chi connectivity index (χ0n) is 28.9. The monoisotopic (exact) mass is 670 g/mol. The van der Waals surface area contributed by atoms with Gasteiger partial charge in [-0.1, -0.05) is 127 Å². The van der Waals surface area contributed by atoms with Crippen molar-refractivity contribution in [2.45, 2.75) is 0 Å². The summed E-state index contributed by atoms with van der Waals surface area (Å²) in [5, 5.41) is 7.62. The quantitative estimate of drug-likeness (QED) is 0.134. The highest BCUT2D eigenvalue weighted by atomic mass is 15.2. The van der Waals surface area contributed by atoms with Crippen LogP contribution in [0.2, 0.25) is 0 Å². The number of hydrogen-bond donors (Lipinski definition) is 0. The number of fused-ring (bicyclic) bond motifs is 9. The molecule has 0 saturated heterocycles. The minimum Gasteiger partial charge on any atom is -0.375 e. The predicted molar refractivity (Wildman–Crippen MR) is 226 cm³/mol. The van der Waals surface area contributed by atoms with Gasteiger partial charge in [0.1, 0.15) is 0 Å². The van der Waals surface area contributed by atoms with Crippen molar-refractivity contribution in [3.63, 3.8) is 0 Å². The van der Waals surface area contributed by atoms with E-state index in [9.17, 15) is 0 Å². The molecule has 10 aromatic rings. The molecule has 2 aliphatic rings. The van der Waals surface area contributed by atoms with Crippen molar-refractivity contribution in [1.82, 2.24) is 4.48 Å². The lowest BCUT2D eigenvalue weighted by molar-refractivity contribution is 1.26. The van der Waals surface area contributed by atoms with Gasteiger partial charge in [-0.05, 0) is 121 Å². The second-order valence-corrected chi connectivity index (χ2v) is 14.5. The van der Waals surface area contributed by atoms with Crippen LogP contribution in [0.25, 0.3) is 76.7 Å². The Kier molecular flexibility index (Phi) is 5.89. The number of aromatic nitrogens is 1. The summed E-state index contributed by atoms with van der Waals surface area (Å²) < 4.78 is 2.67. The van der Waals surface area contributed by atoms with Crippen LogP contribution in [0.5, 0.6) is 0 Å². The van der Waals surface area contributed by atoms with Crippen molar-refractivity contribution in [1.29, 1.82) is 0 Å². The standard InChI is InChI=1S/C50H31BN2/c1-4-13-32(14-5-1)36-23-24-46-42(27-36)44-29-39(33-15-6-2-7-16-33)28-43-41-21-12-22-47-49(41)51(53(46)50(43)44)45-30-37-25-34-17-10-11-18-35(34)26-38(37)31-48(45)52(47)40-19-8-3-9-20-40/h1-31H. The van der Waals surface area contributed by atoms with Crippen LogP contribution in [0.4, 0.5) is 17.1 Å². The topological polar surface area (TPSA) is 8.17 Å². The molecule has 2 aliphatic heterocycles. The molecule has 0 bridgehead atoms. The van der Waals surface area contributed by atoms with Gasteiger partial charge in [0.25, 0.3) is 0 Å². The van der Waals surface area contributed by atoms with Crippen LogP contribution in [0, 0.1) is 0 Å². The van der Waals surface area contributed by atoms with Crippen LogP contribution in [-0.2, 0) is 0 Å². The number of nitrogens with zero attached hydrogens (tertiary/aromatic N) is 2.